The Hall–Kier alpha value is -1.55. The summed E-state index contributed by atoms with van der Waals surface area (Å²) in [7, 11) is 0. The average molecular weight is 347 g/mol. The second kappa shape index (κ2) is 8.22. The molecule has 1 aliphatic rings. The molecule has 0 aliphatic heterocycles. The average Bonchev–Trinajstić information content (AvgIpc) is 3.36. The van der Waals surface area contributed by atoms with E-state index >= 15 is 0 Å². The minimum atomic E-state index is -0.732. The van der Waals surface area contributed by atoms with Crippen LogP contribution in [-0.2, 0) is 9.53 Å². The predicted molar refractivity (Wildman–Crippen MR) is 102 cm³/mol. The lowest BCUT2D eigenvalue weighted by Gasteiger charge is -2.29. The Morgan fingerprint density at radius 3 is 2.36 bits per heavy atom. The summed E-state index contributed by atoms with van der Waals surface area (Å²) < 4.78 is 11.9. The van der Waals surface area contributed by atoms with Gasteiger partial charge in [0.05, 0.1) is 6.61 Å². The number of aryl methyl sites for hydroxylation is 2. The number of rotatable bonds is 9. The quantitative estimate of drug-likeness (QED) is 0.693. The lowest BCUT2D eigenvalue weighted by Crippen LogP contribution is -2.45. The number of anilines is 1. The van der Waals surface area contributed by atoms with Crippen molar-refractivity contribution in [3.63, 3.8) is 0 Å². The highest BCUT2D eigenvalue weighted by Gasteiger charge is 2.48. The molecule has 0 saturated heterocycles. The molecule has 2 rings (SSSR count). The van der Waals surface area contributed by atoms with Gasteiger partial charge < -0.3 is 14.8 Å². The first kappa shape index (κ1) is 19.8. The normalized spacial score (nSPS) is 16.6. The molecular weight excluding hydrogens is 314 g/mol. The summed E-state index contributed by atoms with van der Waals surface area (Å²) >= 11 is 0. The van der Waals surface area contributed by atoms with Gasteiger partial charge in [0.25, 0.3) is 5.91 Å². The molecule has 1 N–H and O–H groups in total. The molecule has 1 unspecified atom stereocenters. The molecule has 1 fully saturated rings. The number of amides is 1. The largest absolute Gasteiger partial charge is 0.493 e. The summed E-state index contributed by atoms with van der Waals surface area (Å²) in [5.74, 6) is 1.68. The van der Waals surface area contributed by atoms with Gasteiger partial charge >= 0.3 is 0 Å². The van der Waals surface area contributed by atoms with E-state index in [1.165, 1.54) is 0 Å². The van der Waals surface area contributed by atoms with Crippen LogP contribution in [0.25, 0.3) is 0 Å². The molecule has 140 valence electrons. The van der Waals surface area contributed by atoms with Gasteiger partial charge in [0.1, 0.15) is 11.4 Å². The molecule has 0 radical (unpaired) electrons. The second-order valence-electron chi connectivity index (χ2n) is 7.83. The van der Waals surface area contributed by atoms with Crippen molar-refractivity contribution in [1.82, 2.24) is 0 Å². The van der Waals surface area contributed by atoms with Crippen molar-refractivity contribution in [3.8, 4) is 5.75 Å². The van der Waals surface area contributed by atoms with Gasteiger partial charge in [-0.1, -0.05) is 20.8 Å². The molecule has 1 aromatic rings. The Morgan fingerprint density at radius 1 is 1.28 bits per heavy atom. The zero-order valence-corrected chi connectivity index (χ0v) is 16.6. The monoisotopic (exact) mass is 347 g/mol. The first-order chi connectivity index (χ1) is 11.8. The number of hydrogen-bond donors (Lipinski definition) is 1. The highest BCUT2D eigenvalue weighted by Crippen LogP contribution is 2.42. The molecule has 1 aromatic carbocycles. The summed E-state index contributed by atoms with van der Waals surface area (Å²) in [5.41, 5.74) is 2.16. The van der Waals surface area contributed by atoms with Crippen LogP contribution in [0.15, 0.2) is 12.1 Å². The Bertz CT molecular complexity index is 584. The van der Waals surface area contributed by atoms with Gasteiger partial charge in [-0.3, -0.25) is 4.79 Å². The molecule has 1 saturated carbocycles. The van der Waals surface area contributed by atoms with Crippen LogP contribution in [-0.4, -0.2) is 24.7 Å². The van der Waals surface area contributed by atoms with E-state index in [9.17, 15) is 4.79 Å². The van der Waals surface area contributed by atoms with Crippen LogP contribution < -0.4 is 10.1 Å². The lowest BCUT2D eigenvalue weighted by atomic mass is 9.98. The van der Waals surface area contributed by atoms with Gasteiger partial charge in [-0.15, -0.1) is 0 Å². The Morgan fingerprint density at radius 2 is 1.88 bits per heavy atom. The van der Waals surface area contributed by atoms with Gasteiger partial charge in [-0.2, -0.15) is 0 Å². The van der Waals surface area contributed by atoms with Gasteiger partial charge in [0.15, 0.2) is 0 Å². The fourth-order valence-electron chi connectivity index (χ4n) is 3.07. The van der Waals surface area contributed by atoms with Crippen LogP contribution in [0.2, 0.25) is 0 Å². The Labute approximate surface area is 152 Å². The van der Waals surface area contributed by atoms with Crippen molar-refractivity contribution in [2.45, 2.75) is 66.4 Å². The summed E-state index contributed by atoms with van der Waals surface area (Å²) in [6.07, 6.45) is 3.04. The lowest BCUT2D eigenvalue weighted by molar-refractivity contribution is -0.142. The maximum Gasteiger partial charge on any atom is 0.256 e. The van der Waals surface area contributed by atoms with Gasteiger partial charge in [-0.25, -0.2) is 0 Å². The molecule has 0 heterocycles. The van der Waals surface area contributed by atoms with E-state index in [0.29, 0.717) is 25.0 Å². The Kier molecular flexibility index (Phi) is 6.50. The SMILES string of the molecule is CCCOC(C)(C(=O)Nc1cc(C)c(OCC(C)C)c(C)c1)C1CC1. The maximum absolute atomic E-state index is 12.9. The van der Waals surface area contributed by atoms with E-state index in [-0.39, 0.29) is 5.91 Å². The molecule has 4 nitrogen and oxygen atoms in total. The molecular formula is C21H33NO3. The summed E-state index contributed by atoms with van der Waals surface area (Å²) in [6.45, 7) is 13.6. The topological polar surface area (TPSA) is 47.6 Å². The molecule has 25 heavy (non-hydrogen) atoms. The van der Waals surface area contributed by atoms with Crippen LogP contribution in [0.5, 0.6) is 5.75 Å². The maximum atomic E-state index is 12.9. The van der Waals surface area contributed by atoms with Crippen molar-refractivity contribution in [2.24, 2.45) is 11.8 Å². The van der Waals surface area contributed by atoms with Gasteiger partial charge in [0, 0.05) is 12.3 Å². The summed E-state index contributed by atoms with van der Waals surface area (Å²) in [4.78, 5) is 12.9. The number of nitrogens with one attached hydrogen (secondary N) is 1. The van der Waals surface area contributed by atoms with E-state index in [1.807, 2.05) is 32.9 Å². The zero-order valence-electron chi connectivity index (χ0n) is 16.6. The highest BCUT2D eigenvalue weighted by atomic mass is 16.5. The number of hydrogen-bond acceptors (Lipinski definition) is 3. The van der Waals surface area contributed by atoms with Crippen molar-refractivity contribution < 1.29 is 14.3 Å². The fraction of sp³-hybridized carbons (Fsp3) is 0.667. The number of carbonyl (C=O) groups excluding carboxylic acids is 1. The van der Waals surface area contributed by atoms with Crippen molar-refractivity contribution in [2.75, 3.05) is 18.5 Å². The van der Waals surface area contributed by atoms with Crippen LogP contribution in [0.3, 0.4) is 0 Å². The molecule has 0 aromatic heterocycles. The third-order valence-electron chi connectivity index (χ3n) is 4.69. The number of ether oxygens (including phenoxy) is 2. The van der Waals surface area contributed by atoms with E-state index in [1.54, 1.807) is 0 Å². The highest BCUT2D eigenvalue weighted by molar-refractivity contribution is 5.97. The Balaban J connectivity index is 2.12. The molecule has 1 atom stereocenters. The van der Waals surface area contributed by atoms with E-state index < -0.39 is 5.60 Å². The molecule has 1 amide bonds. The van der Waals surface area contributed by atoms with Crippen molar-refractivity contribution in [3.05, 3.63) is 23.3 Å². The van der Waals surface area contributed by atoms with Crippen LogP contribution in [0.4, 0.5) is 5.69 Å². The molecule has 4 heteroatoms. The van der Waals surface area contributed by atoms with Crippen molar-refractivity contribution in [1.29, 1.82) is 0 Å². The van der Waals surface area contributed by atoms with E-state index in [2.05, 4.69) is 26.1 Å². The van der Waals surface area contributed by atoms with Gasteiger partial charge in [0.2, 0.25) is 0 Å². The minimum Gasteiger partial charge on any atom is -0.493 e. The summed E-state index contributed by atoms with van der Waals surface area (Å²) in [6, 6.07) is 3.96. The van der Waals surface area contributed by atoms with Gasteiger partial charge in [-0.05, 0) is 75.1 Å². The van der Waals surface area contributed by atoms with E-state index in [0.717, 1.165) is 41.8 Å². The predicted octanol–water partition coefficient (Wildman–Crippen LogP) is 4.87. The molecule has 0 spiro atoms. The minimum absolute atomic E-state index is 0.0434. The standard InChI is InChI=1S/C21H33NO3/c1-7-10-25-21(6,17-8-9-17)20(23)22-18-11-15(4)19(16(5)12-18)24-13-14(2)3/h11-12,14,17H,7-10,13H2,1-6H3,(H,22,23). The molecule has 0 bridgehead atoms. The van der Waals surface area contributed by atoms with Crippen LogP contribution in [0, 0.1) is 25.7 Å². The number of benzene rings is 1. The molecule has 1 aliphatic carbocycles. The van der Waals surface area contributed by atoms with Crippen LogP contribution in [0.1, 0.15) is 58.1 Å². The third-order valence-corrected chi connectivity index (χ3v) is 4.69. The van der Waals surface area contributed by atoms with E-state index in [4.69, 9.17) is 9.47 Å². The first-order valence-corrected chi connectivity index (χ1v) is 9.47. The van der Waals surface area contributed by atoms with Crippen LogP contribution >= 0.6 is 0 Å². The third kappa shape index (κ3) is 4.97. The summed E-state index contributed by atoms with van der Waals surface area (Å²) in [5, 5.41) is 3.07. The van der Waals surface area contributed by atoms with Crippen molar-refractivity contribution >= 4 is 11.6 Å². The first-order valence-electron chi connectivity index (χ1n) is 9.47. The second-order valence-corrected chi connectivity index (χ2v) is 7.83. The smallest absolute Gasteiger partial charge is 0.256 e. The number of carbonyl (C=O) groups is 1. The zero-order chi connectivity index (χ0) is 18.6. The fourth-order valence-corrected chi connectivity index (χ4v) is 3.07.